The lowest BCUT2D eigenvalue weighted by molar-refractivity contribution is -0.116. The van der Waals surface area contributed by atoms with Gasteiger partial charge in [-0.2, -0.15) is 0 Å². The normalized spacial score (nSPS) is 11.0. The van der Waals surface area contributed by atoms with Crippen LogP contribution in [0.15, 0.2) is 5.38 Å². The Balaban J connectivity index is 2.49. The Kier molecular flexibility index (Phi) is 7.02. The zero-order chi connectivity index (χ0) is 14.3. The molecule has 19 heavy (non-hydrogen) atoms. The molecule has 0 aromatic carbocycles. The molecule has 1 aromatic rings. The minimum Gasteiger partial charge on any atom is -0.311 e. The number of amides is 1. The third kappa shape index (κ3) is 4.91. The van der Waals surface area contributed by atoms with Crippen molar-refractivity contribution in [1.29, 1.82) is 0 Å². The van der Waals surface area contributed by atoms with E-state index in [9.17, 15) is 4.79 Å². The molecule has 0 bridgehead atoms. The topological polar surface area (TPSA) is 45.2 Å². The fourth-order valence-corrected chi connectivity index (χ4v) is 2.91. The largest absolute Gasteiger partial charge is 0.311 e. The van der Waals surface area contributed by atoms with Crippen LogP contribution in [0.2, 0.25) is 0 Å². The summed E-state index contributed by atoms with van der Waals surface area (Å²) in [5.74, 6) is 0.788. The molecule has 0 aliphatic rings. The van der Waals surface area contributed by atoms with Crippen molar-refractivity contribution in [3.8, 4) is 0 Å². The van der Waals surface area contributed by atoms with Crippen molar-refractivity contribution in [1.82, 2.24) is 10.3 Å². The first-order valence-corrected chi connectivity index (χ1v) is 7.93. The highest BCUT2D eigenvalue weighted by atomic mass is 32.1. The first-order valence-electron chi connectivity index (χ1n) is 7.05. The number of aromatic nitrogens is 1. The quantitative estimate of drug-likeness (QED) is 0.797. The summed E-state index contributed by atoms with van der Waals surface area (Å²) in [5.41, 5.74) is 1.02. The maximum atomic E-state index is 11.4. The van der Waals surface area contributed by atoms with Crippen LogP contribution >= 0.6 is 11.3 Å². The Hall–Kier alpha value is -0.940. The van der Waals surface area contributed by atoms with Crippen LogP contribution < -0.4 is 10.2 Å². The summed E-state index contributed by atoms with van der Waals surface area (Å²) in [4.78, 5) is 17.7. The average molecular weight is 283 g/mol. The Morgan fingerprint density at radius 3 is 2.63 bits per heavy atom. The van der Waals surface area contributed by atoms with Gasteiger partial charge in [0, 0.05) is 25.4 Å². The van der Waals surface area contributed by atoms with E-state index in [4.69, 9.17) is 0 Å². The third-order valence-corrected chi connectivity index (χ3v) is 4.27. The molecule has 0 atom stereocenters. The molecule has 0 aliphatic heterocycles. The lowest BCUT2D eigenvalue weighted by Crippen LogP contribution is -2.28. The van der Waals surface area contributed by atoms with Crippen LogP contribution in [-0.4, -0.2) is 24.0 Å². The third-order valence-electron chi connectivity index (χ3n) is 3.36. The van der Waals surface area contributed by atoms with Gasteiger partial charge in [0.1, 0.15) is 0 Å². The second kappa shape index (κ2) is 8.27. The van der Waals surface area contributed by atoms with Gasteiger partial charge in [0.05, 0.1) is 5.69 Å². The monoisotopic (exact) mass is 283 g/mol. The fourth-order valence-electron chi connectivity index (χ4n) is 1.98. The maximum Gasteiger partial charge on any atom is 0.225 e. The molecular formula is C14H25N3OS. The van der Waals surface area contributed by atoms with Gasteiger partial charge in [-0.1, -0.05) is 26.7 Å². The molecule has 0 saturated heterocycles. The van der Waals surface area contributed by atoms with E-state index in [1.54, 1.807) is 11.8 Å². The number of rotatable bonds is 8. The van der Waals surface area contributed by atoms with Crippen LogP contribution in [-0.2, 0) is 11.3 Å². The van der Waals surface area contributed by atoms with Gasteiger partial charge >= 0.3 is 0 Å². The summed E-state index contributed by atoms with van der Waals surface area (Å²) >= 11 is 1.53. The number of carbonyl (C=O) groups excluding carboxylic acids is 1. The minimum absolute atomic E-state index is 0.0494. The smallest absolute Gasteiger partial charge is 0.225 e. The van der Waals surface area contributed by atoms with Gasteiger partial charge in [-0.05, 0) is 19.4 Å². The zero-order valence-corrected chi connectivity index (χ0v) is 13.2. The van der Waals surface area contributed by atoms with Crippen LogP contribution in [0.3, 0.4) is 0 Å². The molecule has 0 unspecified atom stereocenters. The van der Waals surface area contributed by atoms with Crippen LogP contribution in [0, 0.1) is 5.92 Å². The maximum absolute atomic E-state index is 11.4. The second-order valence-corrected chi connectivity index (χ2v) is 5.53. The molecular weight excluding hydrogens is 258 g/mol. The predicted molar refractivity (Wildman–Crippen MR) is 81.6 cm³/mol. The van der Waals surface area contributed by atoms with Crippen molar-refractivity contribution >= 4 is 22.4 Å². The van der Waals surface area contributed by atoms with E-state index in [1.807, 2.05) is 12.3 Å². The van der Waals surface area contributed by atoms with Crippen LogP contribution in [0.25, 0.3) is 0 Å². The average Bonchev–Trinajstić information content (AvgIpc) is 2.84. The molecule has 1 rings (SSSR count). The summed E-state index contributed by atoms with van der Waals surface area (Å²) < 4.78 is 0. The summed E-state index contributed by atoms with van der Waals surface area (Å²) in [7, 11) is 0. The van der Waals surface area contributed by atoms with Crippen molar-refractivity contribution in [2.24, 2.45) is 5.92 Å². The lowest BCUT2D eigenvalue weighted by atomic mass is 10.0. The van der Waals surface area contributed by atoms with Gasteiger partial charge in [0.15, 0.2) is 5.13 Å². The summed E-state index contributed by atoms with van der Waals surface area (Å²) in [5, 5.41) is 6.27. The molecule has 1 heterocycles. The molecule has 0 aliphatic carbocycles. The molecule has 108 valence electrons. The van der Waals surface area contributed by atoms with Crippen LogP contribution in [0.4, 0.5) is 5.13 Å². The predicted octanol–water partition coefficient (Wildman–Crippen LogP) is 3.04. The van der Waals surface area contributed by atoms with Gasteiger partial charge < -0.3 is 5.32 Å². The van der Waals surface area contributed by atoms with E-state index < -0.39 is 0 Å². The Bertz CT molecular complexity index is 388. The number of thiazole rings is 1. The molecule has 4 nitrogen and oxygen atoms in total. The fraction of sp³-hybridized carbons (Fsp3) is 0.714. The Morgan fingerprint density at radius 2 is 2.11 bits per heavy atom. The molecule has 0 spiro atoms. The zero-order valence-electron chi connectivity index (χ0n) is 12.4. The first kappa shape index (κ1) is 16.1. The highest BCUT2D eigenvalue weighted by Gasteiger charge is 2.13. The highest BCUT2D eigenvalue weighted by Crippen LogP contribution is 2.20. The number of hydrogen-bond acceptors (Lipinski definition) is 4. The summed E-state index contributed by atoms with van der Waals surface area (Å²) in [6, 6.07) is 0. The summed E-state index contributed by atoms with van der Waals surface area (Å²) in [6.07, 6.45) is 2.42. The number of anilines is 1. The van der Waals surface area contributed by atoms with Gasteiger partial charge in [-0.25, -0.2) is 4.98 Å². The summed E-state index contributed by atoms with van der Waals surface area (Å²) in [6.45, 7) is 10.5. The molecule has 0 fully saturated rings. The molecule has 1 aromatic heterocycles. The molecule has 0 radical (unpaired) electrons. The van der Waals surface area contributed by atoms with E-state index in [0.717, 1.165) is 29.8 Å². The number of nitrogens with one attached hydrogen (secondary N) is 1. The number of nitrogens with zero attached hydrogens (tertiary/aromatic N) is 2. The SMILES string of the molecule is CCC(CC)CNCc1csc(N(CC)C(C)=O)n1. The van der Waals surface area contributed by atoms with E-state index >= 15 is 0 Å². The van der Waals surface area contributed by atoms with Crippen molar-refractivity contribution in [3.05, 3.63) is 11.1 Å². The van der Waals surface area contributed by atoms with E-state index in [2.05, 4.69) is 24.1 Å². The molecule has 1 amide bonds. The lowest BCUT2D eigenvalue weighted by Gasteiger charge is -2.14. The molecule has 0 saturated carbocycles. The van der Waals surface area contributed by atoms with E-state index in [1.165, 1.54) is 24.2 Å². The Labute approximate surface area is 120 Å². The van der Waals surface area contributed by atoms with E-state index in [-0.39, 0.29) is 5.91 Å². The number of carbonyl (C=O) groups is 1. The van der Waals surface area contributed by atoms with Gasteiger partial charge in [0.25, 0.3) is 0 Å². The number of hydrogen-bond donors (Lipinski definition) is 1. The molecule has 1 N–H and O–H groups in total. The van der Waals surface area contributed by atoms with Gasteiger partial charge in [-0.15, -0.1) is 11.3 Å². The van der Waals surface area contributed by atoms with E-state index in [0.29, 0.717) is 6.54 Å². The van der Waals surface area contributed by atoms with Crippen LogP contribution in [0.1, 0.15) is 46.2 Å². The van der Waals surface area contributed by atoms with Crippen molar-refractivity contribution in [3.63, 3.8) is 0 Å². The van der Waals surface area contributed by atoms with Gasteiger partial charge in [-0.3, -0.25) is 9.69 Å². The van der Waals surface area contributed by atoms with Gasteiger partial charge in [0.2, 0.25) is 5.91 Å². The standard InChI is InChI=1S/C14H25N3OS/c1-5-12(6-2)8-15-9-13-10-19-14(16-13)17(7-3)11(4)18/h10,12,15H,5-9H2,1-4H3. The first-order chi connectivity index (χ1) is 9.12. The minimum atomic E-state index is 0.0494. The second-order valence-electron chi connectivity index (χ2n) is 4.70. The van der Waals surface area contributed by atoms with Crippen LogP contribution in [0.5, 0.6) is 0 Å². The van der Waals surface area contributed by atoms with Crippen molar-refractivity contribution < 1.29 is 4.79 Å². The van der Waals surface area contributed by atoms with Crippen molar-refractivity contribution in [2.45, 2.75) is 47.1 Å². The Morgan fingerprint density at radius 1 is 1.42 bits per heavy atom. The molecule has 5 heteroatoms. The van der Waals surface area contributed by atoms with Crippen molar-refractivity contribution in [2.75, 3.05) is 18.0 Å². The highest BCUT2D eigenvalue weighted by molar-refractivity contribution is 7.14.